The van der Waals surface area contributed by atoms with E-state index in [4.69, 9.17) is 0 Å². The van der Waals surface area contributed by atoms with E-state index in [1.165, 1.54) is 0 Å². The smallest absolute Gasteiger partial charge is 0.122 e. The Hall–Kier alpha value is -2.46. The molecule has 25 heavy (non-hydrogen) atoms. The van der Waals surface area contributed by atoms with Crippen LogP contribution in [-0.4, -0.2) is 5.51 Å². The molecular formula is C21H14F3S+. The van der Waals surface area contributed by atoms with Gasteiger partial charge in [-0.15, -0.1) is 13.2 Å². The lowest BCUT2D eigenvalue weighted by atomic mass is 10.1. The Bertz CT molecular complexity index is 964. The topological polar surface area (TPSA) is 0 Å². The normalized spacial score (nSPS) is 12.2. The van der Waals surface area contributed by atoms with Crippen molar-refractivity contribution in [2.45, 2.75) is 15.3 Å². The largest absolute Gasteiger partial charge is 0.586 e. The molecule has 124 valence electrons. The van der Waals surface area contributed by atoms with E-state index in [2.05, 4.69) is 0 Å². The lowest BCUT2D eigenvalue weighted by molar-refractivity contribution is -0.0369. The van der Waals surface area contributed by atoms with Gasteiger partial charge in [0.15, 0.2) is 20.7 Å². The van der Waals surface area contributed by atoms with Crippen molar-refractivity contribution in [1.29, 1.82) is 0 Å². The van der Waals surface area contributed by atoms with E-state index < -0.39 is 16.4 Å². The van der Waals surface area contributed by atoms with Gasteiger partial charge >= 0.3 is 5.51 Å². The predicted molar refractivity (Wildman–Crippen MR) is 97.8 cm³/mol. The van der Waals surface area contributed by atoms with Crippen LogP contribution in [-0.2, 0) is 10.9 Å². The Morgan fingerprint density at radius 1 is 0.520 bits per heavy atom. The predicted octanol–water partition coefficient (Wildman–Crippen LogP) is 6.55. The van der Waals surface area contributed by atoms with Gasteiger partial charge in [-0.2, -0.15) is 0 Å². The quantitative estimate of drug-likeness (QED) is 0.358. The molecule has 4 aromatic rings. The summed E-state index contributed by atoms with van der Waals surface area (Å²) in [6, 6.07) is 24.8. The third-order valence-corrected chi connectivity index (χ3v) is 6.23. The van der Waals surface area contributed by atoms with Crippen molar-refractivity contribution >= 4 is 32.4 Å². The monoisotopic (exact) mass is 355 g/mol. The van der Waals surface area contributed by atoms with Crippen LogP contribution in [0.4, 0.5) is 13.2 Å². The van der Waals surface area contributed by atoms with Crippen LogP contribution in [0.25, 0.3) is 21.5 Å². The van der Waals surface area contributed by atoms with E-state index in [0.717, 1.165) is 10.8 Å². The summed E-state index contributed by atoms with van der Waals surface area (Å²) in [5.74, 6) is 0. The minimum atomic E-state index is -4.35. The molecule has 0 fully saturated rings. The summed E-state index contributed by atoms with van der Waals surface area (Å²) in [5.41, 5.74) is -4.35. The molecule has 0 radical (unpaired) electrons. The molecule has 0 saturated heterocycles. The SMILES string of the molecule is FC(F)(F)[S+](c1cccc2ccccc12)c1cccc2ccccc12. The summed E-state index contributed by atoms with van der Waals surface area (Å²) < 4.78 is 42.5. The van der Waals surface area contributed by atoms with Crippen LogP contribution < -0.4 is 0 Å². The number of hydrogen-bond acceptors (Lipinski definition) is 0. The van der Waals surface area contributed by atoms with Crippen molar-refractivity contribution in [3.8, 4) is 0 Å². The van der Waals surface area contributed by atoms with Crippen molar-refractivity contribution in [2.24, 2.45) is 0 Å². The molecule has 0 heterocycles. The van der Waals surface area contributed by atoms with Crippen molar-refractivity contribution < 1.29 is 13.2 Å². The molecule has 0 unspecified atom stereocenters. The van der Waals surface area contributed by atoms with Crippen LogP contribution >= 0.6 is 0 Å². The Balaban J connectivity index is 2.05. The van der Waals surface area contributed by atoms with E-state index in [9.17, 15) is 13.2 Å². The highest BCUT2D eigenvalue weighted by Gasteiger charge is 2.55. The van der Waals surface area contributed by atoms with Crippen LogP contribution in [0.5, 0.6) is 0 Å². The summed E-state index contributed by atoms with van der Waals surface area (Å²) in [5, 5.41) is 2.95. The van der Waals surface area contributed by atoms with Crippen LogP contribution in [0.15, 0.2) is 94.7 Å². The van der Waals surface area contributed by atoms with Crippen LogP contribution in [0.2, 0.25) is 0 Å². The molecule has 0 amide bonds. The second kappa shape index (κ2) is 6.12. The lowest BCUT2D eigenvalue weighted by Crippen LogP contribution is -2.24. The van der Waals surface area contributed by atoms with Gasteiger partial charge in [0.2, 0.25) is 0 Å². The first-order valence-electron chi connectivity index (χ1n) is 7.82. The number of benzene rings is 4. The summed E-state index contributed by atoms with van der Waals surface area (Å²) in [4.78, 5) is 0.643. The van der Waals surface area contributed by atoms with E-state index in [0.29, 0.717) is 20.6 Å². The third kappa shape index (κ3) is 2.87. The molecule has 0 N–H and O–H groups in total. The van der Waals surface area contributed by atoms with E-state index >= 15 is 0 Å². The van der Waals surface area contributed by atoms with Gasteiger partial charge in [0.1, 0.15) is 0 Å². The zero-order valence-corrected chi connectivity index (χ0v) is 13.9. The molecule has 0 aromatic heterocycles. The van der Waals surface area contributed by atoms with Gasteiger partial charge < -0.3 is 0 Å². The van der Waals surface area contributed by atoms with Crippen molar-refractivity contribution in [3.63, 3.8) is 0 Å². The molecule has 0 bridgehead atoms. The highest BCUT2D eigenvalue weighted by atomic mass is 32.2. The first kappa shape index (κ1) is 16.0. The van der Waals surface area contributed by atoms with Crippen LogP contribution in [0.1, 0.15) is 0 Å². The average molecular weight is 355 g/mol. The molecule has 0 saturated carbocycles. The Morgan fingerprint density at radius 3 is 1.36 bits per heavy atom. The standard InChI is InChI=1S/C21H14F3S/c22-21(23,24)25(19-13-5-9-15-7-1-3-11-17(15)19)20-14-6-10-16-8-2-4-12-18(16)20/h1-14H/q+1. The fourth-order valence-corrected chi connectivity index (χ4v) is 5.09. The number of fused-ring (bicyclic) bond motifs is 2. The van der Waals surface area contributed by atoms with Gasteiger partial charge in [-0.3, -0.25) is 0 Å². The van der Waals surface area contributed by atoms with Gasteiger partial charge in [0.25, 0.3) is 0 Å². The van der Waals surface area contributed by atoms with E-state index in [1.807, 2.05) is 36.4 Å². The van der Waals surface area contributed by atoms with E-state index in [-0.39, 0.29) is 0 Å². The molecule has 4 aromatic carbocycles. The highest BCUT2D eigenvalue weighted by Crippen LogP contribution is 2.43. The first-order valence-corrected chi connectivity index (χ1v) is 9.05. The summed E-state index contributed by atoms with van der Waals surface area (Å²) in [6.45, 7) is 0. The van der Waals surface area contributed by atoms with Gasteiger partial charge in [-0.25, -0.2) is 0 Å². The molecular weight excluding hydrogens is 341 g/mol. The number of rotatable bonds is 2. The zero-order chi connectivity index (χ0) is 17.4. The molecule has 0 aliphatic rings. The fourth-order valence-electron chi connectivity index (χ4n) is 3.12. The fraction of sp³-hybridized carbons (Fsp3) is 0.0476. The van der Waals surface area contributed by atoms with Crippen LogP contribution in [0, 0.1) is 0 Å². The molecule has 0 nitrogen and oxygen atoms in total. The molecule has 0 aliphatic heterocycles. The maximum Gasteiger partial charge on any atom is 0.586 e. The lowest BCUT2D eigenvalue weighted by Gasteiger charge is -2.14. The summed E-state index contributed by atoms with van der Waals surface area (Å²) in [7, 11) is -2.02. The van der Waals surface area contributed by atoms with Crippen molar-refractivity contribution in [1.82, 2.24) is 0 Å². The number of halogens is 3. The Labute approximate surface area is 146 Å². The third-order valence-electron chi connectivity index (χ3n) is 4.17. The maximum absolute atomic E-state index is 14.2. The molecule has 0 aliphatic carbocycles. The molecule has 4 rings (SSSR count). The minimum absolute atomic E-state index is 0.321. The second-order valence-corrected chi connectivity index (χ2v) is 7.66. The Kier molecular flexibility index (Phi) is 3.92. The minimum Gasteiger partial charge on any atom is -0.122 e. The van der Waals surface area contributed by atoms with Gasteiger partial charge in [0, 0.05) is 10.8 Å². The number of hydrogen-bond donors (Lipinski definition) is 0. The second-order valence-electron chi connectivity index (χ2n) is 5.71. The van der Waals surface area contributed by atoms with E-state index in [1.54, 1.807) is 48.5 Å². The summed E-state index contributed by atoms with van der Waals surface area (Å²) in [6.07, 6.45) is 0. The van der Waals surface area contributed by atoms with Crippen molar-refractivity contribution in [2.75, 3.05) is 0 Å². The van der Waals surface area contributed by atoms with Gasteiger partial charge in [-0.05, 0) is 35.0 Å². The molecule has 0 atom stereocenters. The Morgan fingerprint density at radius 2 is 0.920 bits per heavy atom. The zero-order valence-electron chi connectivity index (χ0n) is 13.1. The highest BCUT2D eigenvalue weighted by molar-refractivity contribution is 7.98. The summed E-state index contributed by atoms with van der Waals surface area (Å²) >= 11 is 0. The maximum atomic E-state index is 14.2. The van der Waals surface area contributed by atoms with Crippen LogP contribution in [0.3, 0.4) is 0 Å². The molecule has 0 spiro atoms. The average Bonchev–Trinajstić information content (AvgIpc) is 2.61. The number of alkyl halides is 3. The van der Waals surface area contributed by atoms with Crippen molar-refractivity contribution in [3.05, 3.63) is 84.9 Å². The molecule has 4 heteroatoms. The van der Waals surface area contributed by atoms with Gasteiger partial charge in [-0.1, -0.05) is 60.7 Å². The van der Waals surface area contributed by atoms with Gasteiger partial charge in [0.05, 0.1) is 0 Å². The first-order chi connectivity index (χ1) is 12.1.